The fourth-order valence-electron chi connectivity index (χ4n) is 4.47. The minimum absolute atomic E-state index is 0.613. The maximum Gasteiger partial charge on any atom is 0.0926 e. The van der Waals surface area contributed by atoms with Crippen LogP contribution >= 0.6 is 0 Å². The van der Waals surface area contributed by atoms with Gasteiger partial charge in [0.15, 0.2) is 0 Å². The number of hydrogen-bond acceptors (Lipinski definition) is 3. The smallest absolute Gasteiger partial charge is 0.0926 e. The van der Waals surface area contributed by atoms with Gasteiger partial charge in [0.2, 0.25) is 0 Å². The minimum atomic E-state index is 0.613. The molecule has 0 bridgehead atoms. The van der Waals surface area contributed by atoms with E-state index in [1.807, 2.05) is 7.11 Å². The molecule has 112 valence electrons. The van der Waals surface area contributed by atoms with E-state index in [1.165, 1.54) is 23.1 Å². The van der Waals surface area contributed by atoms with Crippen molar-refractivity contribution < 1.29 is 4.74 Å². The molecule has 2 heterocycles. The third-order valence-electron chi connectivity index (χ3n) is 5.32. The zero-order valence-corrected chi connectivity index (χ0v) is 12.8. The van der Waals surface area contributed by atoms with Gasteiger partial charge in [0, 0.05) is 43.1 Å². The van der Waals surface area contributed by atoms with Crippen LogP contribution in [-0.2, 0) is 11.2 Å². The van der Waals surface area contributed by atoms with Crippen molar-refractivity contribution in [1.29, 1.82) is 0 Å². The Bertz CT molecular complexity index is 651. The van der Waals surface area contributed by atoms with Crippen molar-refractivity contribution in [2.45, 2.75) is 31.7 Å². The van der Waals surface area contributed by atoms with Gasteiger partial charge in [-0.2, -0.15) is 5.10 Å². The van der Waals surface area contributed by atoms with E-state index < -0.39 is 0 Å². The molecule has 4 heteroatoms. The van der Waals surface area contributed by atoms with Crippen molar-refractivity contribution in [3.05, 3.63) is 29.5 Å². The molecule has 1 saturated heterocycles. The SMILES string of the molecule is CCN1C[C@@H](COC)CC2c3cccc4n[nH]c(c34)C[C@H]21. The van der Waals surface area contributed by atoms with Crippen LogP contribution in [0.15, 0.2) is 18.2 Å². The highest BCUT2D eigenvalue weighted by Gasteiger charge is 2.40. The van der Waals surface area contributed by atoms with Crippen LogP contribution < -0.4 is 0 Å². The minimum Gasteiger partial charge on any atom is -0.384 e. The molecule has 1 fully saturated rings. The van der Waals surface area contributed by atoms with E-state index in [2.05, 4.69) is 40.2 Å². The Labute approximate surface area is 125 Å². The monoisotopic (exact) mass is 285 g/mol. The van der Waals surface area contributed by atoms with Gasteiger partial charge >= 0.3 is 0 Å². The average Bonchev–Trinajstić information content (AvgIpc) is 2.92. The number of fused-ring (bicyclic) bond motifs is 2. The summed E-state index contributed by atoms with van der Waals surface area (Å²) in [5.74, 6) is 1.26. The number of likely N-dealkylation sites (N-methyl/N-ethyl adjacent to an activating group) is 1. The number of nitrogens with one attached hydrogen (secondary N) is 1. The first-order chi connectivity index (χ1) is 10.3. The molecule has 0 spiro atoms. The number of aromatic nitrogens is 2. The van der Waals surface area contributed by atoms with Gasteiger partial charge in [0.05, 0.1) is 12.1 Å². The topological polar surface area (TPSA) is 41.1 Å². The van der Waals surface area contributed by atoms with Crippen molar-refractivity contribution in [3.8, 4) is 0 Å². The van der Waals surface area contributed by atoms with Gasteiger partial charge in [-0.1, -0.05) is 19.1 Å². The standard InChI is InChI=1S/C17H23N3O/c1-3-20-9-11(10-21-2)7-13-12-5-4-6-14-17(12)15(19-18-14)8-16(13)20/h4-6,11,13,16H,3,7-10H2,1-2H3,(H,18,19)/t11-,13?,16+/m0/s1. The van der Waals surface area contributed by atoms with E-state index in [9.17, 15) is 0 Å². The Morgan fingerprint density at radius 3 is 3.14 bits per heavy atom. The highest BCUT2D eigenvalue weighted by molar-refractivity contribution is 5.86. The third-order valence-corrected chi connectivity index (χ3v) is 5.32. The number of rotatable bonds is 3. The summed E-state index contributed by atoms with van der Waals surface area (Å²) in [6.07, 6.45) is 2.34. The molecule has 0 radical (unpaired) electrons. The summed E-state index contributed by atoms with van der Waals surface area (Å²) in [7, 11) is 1.82. The van der Waals surface area contributed by atoms with Crippen LogP contribution in [0.1, 0.15) is 30.5 Å². The summed E-state index contributed by atoms with van der Waals surface area (Å²) in [4.78, 5) is 2.64. The first-order valence-corrected chi connectivity index (χ1v) is 8.00. The van der Waals surface area contributed by atoms with E-state index in [1.54, 1.807) is 0 Å². The van der Waals surface area contributed by atoms with E-state index in [4.69, 9.17) is 4.74 Å². The molecule has 1 aliphatic heterocycles. The zero-order valence-electron chi connectivity index (χ0n) is 12.8. The predicted octanol–water partition coefficient (Wildman–Crippen LogP) is 2.56. The quantitative estimate of drug-likeness (QED) is 0.942. The Kier molecular flexibility index (Phi) is 3.23. The molecule has 1 unspecified atom stereocenters. The Balaban J connectivity index is 1.78. The lowest BCUT2D eigenvalue weighted by Crippen LogP contribution is -2.50. The summed E-state index contributed by atoms with van der Waals surface area (Å²) >= 11 is 0. The molecule has 1 aromatic carbocycles. The summed E-state index contributed by atoms with van der Waals surface area (Å²) in [5, 5.41) is 9.14. The Morgan fingerprint density at radius 1 is 1.43 bits per heavy atom. The number of piperidine rings is 1. The van der Waals surface area contributed by atoms with Crippen LogP contribution in [-0.4, -0.2) is 47.9 Å². The summed E-state index contributed by atoms with van der Waals surface area (Å²) in [6, 6.07) is 7.19. The van der Waals surface area contributed by atoms with E-state index in [-0.39, 0.29) is 0 Å². The number of benzene rings is 1. The molecule has 1 aliphatic carbocycles. The number of H-pyrrole nitrogens is 1. The first kappa shape index (κ1) is 13.3. The lowest BCUT2D eigenvalue weighted by molar-refractivity contribution is 0.0457. The van der Waals surface area contributed by atoms with E-state index in [0.717, 1.165) is 31.6 Å². The number of ether oxygens (including phenoxy) is 1. The molecular weight excluding hydrogens is 262 g/mol. The second-order valence-electron chi connectivity index (χ2n) is 6.47. The number of hydrogen-bond donors (Lipinski definition) is 1. The average molecular weight is 285 g/mol. The lowest BCUT2D eigenvalue weighted by Gasteiger charge is -2.46. The van der Waals surface area contributed by atoms with Crippen molar-refractivity contribution >= 4 is 10.9 Å². The number of likely N-dealkylation sites (tertiary alicyclic amines) is 1. The third kappa shape index (κ3) is 2.00. The van der Waals surface area contributed by atoms with Crippen LogP contribution in [0.25, 0.3) is 10.9 Å². The van der Waals surface area contributed by atoms with Crippen LogP contribution in [0.3, 0.4) is 0 Å². The number of methoxy groups -OCH3 is 1. The molecule has 2 aliphatic rings. The Morgan fingerprint density at radius 2 is 2.33 bits per heavy atom. The van der Waals surface area contributed by atoms with Crippen LogP contribution in [0.2, 0.25) is 0 Å². The van der Waals surface area contributed by atoms with Gasteiger partial charge < -0.3 is 4.74 Å². The molecule has 1 aromatic heterocycles. The summed E-state index contributed by atoms with van der Waals surface area (Å²) < 4.78 is 5.44. The summed E-state index contributed by atoms with van der Waals surface area (Å²) in [5.41, 5.74) is 3.94. The molecule has 1 N–H and O–H groups in total. The van der Waals surface area contributed by atoms with Crippen LogP contribution in [0, 0.1) is 5.92 Å². The Hall–Kier alpha value is -1.39. The molecule has 0 amide bonds. The van der Waals surface area contributed by atoms with Gasteiger partial charge in [-0.3, -0.25) is 10.00 Å². The second-order valence-corrected chi connectivity index (χ2v) is 6.47. The van der Waals surface area contributed by atoms with E-state index in [0.29, 0.717) is 17.9 Å². The fourth-order valence-corrected chi connectivity index (χ4v) is 4.47. The number of nitrogens with zero attached hydrogens (tertiary/aromatic N) is 2. The largest absolute Gasteiger partial charge is 0.384 e. The second kappa shape index (κ2) is 5.11. The molecule has 21 heavy (non-hydrogen) atoms. The molecule has 4 rings (SSSR count). The molecule has 4 nitrogen and oxygen atoms in total. The van der Waals surface area contributed by atoms with Gasteiger partial charge in [0.1, 0.15) is 0 Å². The maximum atomic E-state index is 5.44. The number of aromatic amines is 1. The molecule has 3 atom stereocenters. The first-order valence-electron chi connectivity index (χ1n) is 8.00. The lowest BCUT2D eigenvalue weighted by atomic mass is 9.73. The normalized spacial score (nSPS) is 28.8. The van der Waals surface area contributed by atoms with Gasteiger partial charge in [-0.15, -0.1) is 0 Å². The molecule has 0 saturated carbocycles. The van der Waals surface area contributed by atoms with Crippen LogP contribution in [0.4, 0.5) is 0 Å². The van der Waals surface area contributed by atoms with E-state index >= 15 is 0 Å². The maximum absolute atomic E-state index is 5.44. The summed E-state index contributed by atoms with van der Waals surface area (Å²) in [6.45, 7) is 5.41. The van der Waals surface area contributed by atoms with Crippen LogP contribution in [0.5, 0.6) is 0 Å². The van der Waals surface area contributed by atoms with Crippen molar-refractivity contribution in [3.63, 3.8) is 0 Å². The van der Waals surface area contributed by atoms with Crippen molar-refractivity contribution in [1.82, 2.24) is 15.1 Å². The molecule has 2 aromatic rings. The van der Waals surface area contributed by atoms with Crippen molar-refractivity contribution in [2.75, 3.05) is 26.8 Å². The van der Waals surface area contributed by atoms with Gasteiger partial charge in [0.25, 0.3) is 0 Å². The van der Waals surface area contributed by atoms with Gasteiger partial charge in [-0.25, -0.2) is 0 Å². The van der Waals surface area contributed by atoms with Gasteiger partial charge in [-0.05, 0) is 30.5 Å². The predicted molar refractivity (Wildman–Crippen MR) is 83.6 cm³/mol. The van der Waals surface area contributed by atoms with Crippen molar-refractivity contribution in [2.24, 2.45) is 5.92 Å². The highest BCUT2D eigenvalue weighted by atomic mass is 16.5. The molecular formula is C17H23N3O. The highest BCUT2D eigenvalue weighted by Crippen LogP contribution is 2.43. The fraction of sp³-hybridized carbons (Fsp3) is 0.588. The zero-order chi connectivity index (χ0) is 14.4.